The van der Waals surface area contributed by atoms with Crippen LogP contribution >= 0.6 is 11.6 Å². The summed E-state index contributed by atoms with van der Waals surface area (Å²) in [6.45, 7) is 1.02. The lowest BCUT2D eigenvalue weighted by molar-refractivity contribution is 0.523. The van der Waals surface area contributed by atoms with Crippen LogP contribution in [-0.2, 0) is 12.8 Å². The molecule has 2 aliphatic carbocycles. The summed E-state index contributed by atoms with van der Waals surface area (Å²) in [5, 5.41) is 3.52. The molecule has 0 aliphatic heterocycles. The molecule has 0 aromatic carbocycles. The molecule has 0 amide bonds. The number of aromatic nitrogens is 2. The van der Waals surface area contributed by atoms with Gasteiger partial charge in [-0.3, -0.25) is 0 Å². The average molecular weight is 252 g/mol. The Balaban J connectivity index is 1.68. The number of alkyl halides is 1. The van der Waals surface area contributed by atoms with Gasteiger partial charge in [-0.1, -0.05) is 0 Å². The molecule has 0 unspecified atom stereocenters. The Kier molecular flexibility index (Phi) is 2.95. The zero-order valence-corrected chi connectivity index (χ0v) is 10.8. The number of rotatable bonds is 5. The number of hydrogen-bond acceptors (Lipinski definition) is 3. The van der Waals surface area contributed by atoms with E-state index in [2.05, 4.69) is 15.3 Å². The summed E-state index contributed by atoms with van der Waals surface area (Å²) < 4.78 is 0. The van der Waals surface area contributed by atoms with Crippen LogP contribution in [0.3, 0.4) is 0 Å². The SMILES string of the molecule is ClCCC1(CNc2ncnc3c2CCC3)CC1. The maximum Gasteiger partial charge on any atom is 0.132 e. The number of fused-ring (bicyclic) bond motifs is 1. The third-order valence-electron chi connectivity index (χ3n) is 4.09. The fourth-order valence-electron chi connectivity index (χ4n) is 2.68. The standard InChI is InChI=1S/C13H18ClN3/c14-7-6-13(4-5-13)8-15-12-10-2-1-3-11(10)16-9-17-12/h9H,1-8H2,(H,15,16,17). The first kappa shape index (κ1) is 11.3. The number of nitrogens with zero attached hydrogens (tertiary/aromatic N) is 2. The van der Waals surface area contributed by atoms with Crippen molar-refractivity contribution in [1.29, 1.82) is 0 Å². The van der Waals surface area contributed by atoms with Crippen LogP contribution in [0.5, 0.6) is 0 Å². The Morgan fingerprint density at radius 2 is 2.18 bits per heavy atom. The average Bonchev–Trinajstić information content (AvgIpc) is 2.92. The van der Waals surface area contributed by atoms with Gasteiger partial charge in [0.05, 0.1) is 0 Å². The Labute approximate surface area is 107 Å². The monoisotopic (exact) mass is 251 g/mol. The molecule has 3 nitrogen and oxygen atoms in total. The highest BCUT2D eigenvalue weighted by Crippen LogP contribution is 2.49. The molecule has 1 N–H and O–H groups in total. The van der Waals surface area contributed by atoms with Crippen molar-refractivity contribution in [3.63, 3.8) is 0 Å². The topological polar surface area (TPSA) is 37.8 Å². The van der Waals surface area contributed by atoms with E-state index in [1.807, 2.05) is 0 Å². The minimum atomic E-state index is 0.457. The number of aryl methyl sites for hydroxylation is 1. The van der Waals surface area contributed by atoms with Crippen molar-refractivity contribution in [2.45, 2.75) is 38.5 Å². The third kappa shape index (κ3) is 2.25. The van der Waals surface area contributed by atoms with Gasteiger partial charge in [-0.25, -0.2) is 9.97 Å². The van der Waals surface area contributed by atoms with Crippen LogP contribution in [0.2, 0.25) is 0 Å². The fraction of sp³-hybridized carbons (Fsp3) is 0.692. The summed E-state index contributed by atoms with van der Waals surface area (Å²) in [5.74, 6) is 1.83. The summed E-state index contributed by atoms with van der Waals surface area (Å²) in [6.07, 6.45) is 8.87. The molecule has 92 valence electrons. The largest absolute Gasteiger partial charge is 0.369 e. The van der Waals surface area contributed by atoms with Crippen molar-refractivity contribution in [1.82, 2.24) is 9.97 Å². The first-order valence-electron chi connectivity index (χ1n) is 6.46. The van der Waals surface area contributed by atoms with Gasteiger partial charge in [0.15, 0.2) is 0 Å². The van der Waals surface area contributed by atoms with E-state index in [-0.39, 0.29) is 0 Å². The van der Waals surface area contributed by atoms with E-state index in [1.54, 1.807) is 6.33 Å². The van der Waals surface area contributed by atoms with E-state index in [9.17, 15) is 0 Å². The molecule has 0 spiro atoms. The molecule has 1 aromatic heterocycles. The van der Waals surface area contributed by atoms with Crippen molar-refractivity contribution < 1.29 is 0 Å². The number of halogens is 1. The second kappa shape index (κ2) is 4.45. The normalized spacial score (nSPS) is 20.1. The van der Waals surface area contributed by atoms with Crippen molar-refractivity contribution in [3.8, 4) is 0 Å². The van der Waals surface area contributed by atoms with Gasteiger partial charge in [-0.15, -0.1) is 11.6 Å². The van der Waals surface area contributed by atoms with Gasteiger partial charge >= 0.3 is 0 Å². The summed E-state index contributed by atoms with van der Waals surface area (Å²) in [6, 6.07) is 0. The van der Waals surface area contributed by atoms with E-state index in [0.29, 0.717) is 5.41 Å². The van der Waals surface area contributed by atoms with Crippen LogP contribution < -0.4 is 5.32 Å². The molecular formula is C13H18ClN3. The van der Waals surface area contributed by atoms with Gasteiger partial charge in [0.25, 0.3) is 0 Å². The molecule has 0 atom stereocenters. The number of nitrogens with one attached hydrogen (secondary N) is 1. The predicted molar refractivity (Wildman–Crippen MR) is 69.6 cm³/mol. The highest BCUT2D eigenvalue weighted by molar-refractivity contribution is 6.17. The van der Waals surface area contributed by atoms with Gasteiger partial charge in [0, 0.05) is 23.7 Å². The van der Waals surface area contributed by atoms with E-state index >= 15 is 0 Å². The van der Waals surface area contributed by atoms with E-state index < -0.39 is 0 Å². The number of anilines is 1. The first-order chi connectivity index (χ1) is 8.33. The predicted octanol–water partition coefficient (Wildman–Crippen LogP) is 2.79. The molecule has 0 bridgehead atoms. The van der Waals surface area contributed by atoms with Crippen LogP contribution in [0.25, 0.3) is 0 Å². The minimum Gasteiger partial charge on any atom is -0.369 e. The smallest absolute Gasteiger partial charge is 0.132 e. The van der Waals surface area contributed by atoms with Crippen LogP contribution in [0.4, 0.5) is 5.82 Å². The fourth-order valence-corrected chi connectivity index (χ4v) is 3.08. The Hall–Kier alpha value is -0.830. The van der Waals surface area contributed by atoms with Gasteiger partial charge in [-0.05, 0) is 43.9 Å². The lowest BCUT2D eigenvalue weighted by atomic mass is 10.0. The van der Waals surface area contributed by atoms with E-state index in [0.717, 1.165) is 37.5 Å². The lowest BCUT2D eigenvalue weighted by Gasteiger charge is -2.16. The first-order valence-corrected chi connectivity index (χ1v) is 6.99. The van der Waals surface area contributed by atoms with Crippen molar-refractivity contribution >= 4 is 17.4 Å². The third-order valence-corrected chi connectivity index (χ3v) is 4.28. The molecule has 3 rings (SSSR count). The zero-order chi connectivity index (χ0) is 11.7. The van der Waals surface area contributed by atoms with Crippen LogP contribution in [0.1, 0.15) is 36.9 Å². The van der Waals surface area contributed by atoms with E-state index in [4.69, 9.17) is 11.6 Å². The number of hydrogen-bond donors (Lipinski definition) is 1. The molecule has 2 aliphatic rings. The molecule has 1 heterocycles. The van der Waals surface area contributed by atoms with Gasteiger partial charge in [0.1, 0.15) is 12.1 Å². The highest BCUT2D eigenvalue weighted by Gasteiger charge is 2.41. The molecule has 1 saturated carbocycles. The van der Waals surface area contributed by atoms with Crippen LogP contribution in [0.15, 0.2) is 6.33 Å². The molecule has 1 fully saturated rings. The second-order valence-corrected chi connectivity index (χ2v) is 5.67. The maximum atomic E-state index is 5.85. The van der Waals surface area contributed by atoms with Crippen LogP contribution in [0, 0.1) is 5.41 Å². The Bertz CT molecular complexity index is 415. The zero-order valence-electron chi connectivity index (χ0n) is 10.0. The van der Waals surface area contributed by atoms with Gasteiger partial charge < -0.3 is 5.32 Å². The van der Waals surface area contributed by atoms with Gasteiger partial charge in [0.2, 0.25) is 0 Å². The minimum absolute atomic E-state index is 0.457. The lowest BCUT2D eigenvalue weighted by Crippen LogP contribution is -2.17. The van der Waals surface area contributed by atoms with Crippen LogP contribution in [-0.4, -0.2) is 22.4 Å². The Morgan fingerprint density at radius 1 is 1.29 bits per heavy atom. The molecule has 4 heteroatoms. The van der Waals surface area contributed by atoms with Crippen molar-refractivity contribution in [2.24, 2.45) is 5.41 Å². The van der Waals surface area contributed by atoms with Gasteiger partial charge in [-0.2, -0.15) is 0 Å². The highest BCUT2D eigenvalue weighted by atomic mass is 35.5. The molecule has 17 heavy (non-hydrogen) atoms. The summed E-state index contributed by atoms with van der Waals surface area (Å²) in [5.41, 5.74) is 3.04. The van der Waals surface area contributed by atoms with Crippen molar-refractivity contribution in [3.05, 3.63) is 17.6 Å². The summed E-state index contributed by atoms with van der Waals surface area (Å²) in [7, 11) is 0. The molecule has 0 saturated heterocycles. The Morgan fingerprint density at radius 3 is 2.94 bits per heavy atom. The maximum absolute atomic E-state index is 5.85. The molecule has 0 radical (unpaired) electrons. The second-order valence-electron chi connectivity index (χ2n) is 5.29. The molecule has 1 aromatic rings. The summed E-state index contributed by atoms with van der Waals surface area (Å²) >= 11 is 5.85. The molecular weight excluding hydrogens is 234 g/mol. The summed E-state index contributed by atoms with van der Waals surface area (Å²) in [4.78, 5) is 8.73. The quantitative estimate of drug-likeness (QED) is 0.818. The van der Waals surface area contributed by atoms with Crippen molar-refractivity contribution in [2.75, 3.05) is 17.7 Å². The van der Waals surface area contributed by atoms with E-state index in [1.165, 1.54) is 30.5 Å².